The fourth-order valence-corrected chi connectivity index (χ4v) is 3.46. The fourth-order valence-electron chi connectivity index (χ4n) is 3.46. The predicted molar refractivity (Wildman–Crippen MR) is 129 cm³/mol. The first-order valence-corrected chi connectivity index (χ1v) is 10.6. The quantitative estimate of drug-likeness (QED) is 0.349. The molecule has 0 atom stereocenters. The van der Waals surface area contributed by atoms with Gasteiger partial charge in [0, 0.05) is 17.2 Å². The van der Waals surface area contributed by atoms with E-state index in [9.17, 15) is 5.11 Å². The van der Waals surface area contributed by atoms with E-state index in [1.54, 1.807) is 12.1 Å². The first-order valence-electron chi connectivity index (χ1n) is 10.6. The van der Waals surface area contributed by atoms with Gasteiger partial charge in [-0.05, 0) is 17.7 Å². The average Bonchev–Trinajstić information content (AvgIpc) is 2.89. The Hall–Kier alpha value is -4.51. The Morgan fingerprint density at radius 1 is 0.576 bits per heavy atom. The van der Waals surface area contributed by atoms with Crippen molar-refractivity contribution < 1.29 is 9.84 Å². The summed E-state index contributed by atoms with van der Waals surface area (Å²) in [7, 11) is 0. The Kier molecular flexibility index (Phi) is 5.76. The van der Waals surface area contributed by atoms with Gasteiger partial charge < -0.3 is 9.84 Å². The van der Waals surface area contributed by atoms with E-state index >= 15 is 0 Å². The molecule has 0 aliphatic carbocycles. The molecule has 5 heteroatoms. The molecule has 0 unspecified atom stereocenters. The maximum absolute atomic E-state index is 10.8. The van der Waals surface area contributed by atoms with Crippen LogP contribution in [0.2, 0.25) is 0 Å². The molecule has 5 rings (SSSR count). The molecule has 0 amide bonds. The van der Waals surface area contributed by atoms with Crippen LogP contribution < -0.4 is 4.74 Å². The summed E-state index contributed by atoms with van der Waals surface area (Å²) in [4.78, 5) is 14.0. The first kappa shape index (κ1) is 20.4. The van der Waals surface area contributed by atoms with Gasteiger partial charge in [0.1, 0.15) is 18.1 Å². The van der Waals surface area contributed by atoms with Gasteiger partial charge in [0.15, 0.2) is 17.5 Å². The third-order valence-corrected chi connectivity index (χ3v) is 5.16. The Morgan fingerprint density at radius 2 is 1.09 bits per heavy atom. The number of nitrogens with zero attached hydrogens (tertiary/aromatic N) is 3. The number of benzene rings is 4. The Bertz CT molecular complexity index is 1300. The van der Waals surface area contributed by atoms with Crippen LogP contribution in [0.5, 0.6) is 11.5 Å². The van der Waals surface area contributed by atoms with E-state index in [2.05, 4.69) is 15.0 Å². The third kappa shape index (κ3) is 4.72. The topological polar surface area (TPSA) is 68.1 Å². The average molecular weight is 431 g/mol. The minimum absolute atomic E-state index is 0.0461. The molecule has 1 heterocycles. The van der Waals surface area contributed by atoms with E-state index in [1.165, 1.54) is 0 Å². The van der Waals surface area contributed by atoms with Crippen LogP contribution in [0.25, 0.3) is 34.2 Å². The van der Waals surface area contributed by atoms with E-state index < -0.39 is 0 Å². The van der Waals surface area contributed by atoms with E-state index in [0.717, 1.165) is 16.7 Å². The van der Waals surface area contributed by atoms with Gasteiger partial charge in [0.2, 0.25) is 0 Å². The molecule has 0 radical (unpaired) electrons. The van der Waals surface area contributed by atoms with Crippen molar-refractivity contribution in [3.05, 3.63) is 115 Å². The lowest BCUT2D eigenvalue weighted by atomic mass is 10.1. The highest BCUT2D eigenvalue weighted by Gasteiger charge is 2.15. The van der Waals surface area contributed by atoms with Gasteiger partial charge in [0.25, 0.3) is 0 Å². The van der Waals surface area contributed by atoms with Gasteiger partial charge in [-0.15, -0.1) is 0 Å². The van der Waals surface area contributed by atoms with Gasteiger partial charge in [0.05, 0.1) is 5.56 Å². The lowest BCUT2D eigenvalue weighted by Crippen LogP contribution is -2.00. The first-order chi connectivity index (χ1) is 16.3. The minimum Gasteiger partial charge on any atom is -0.507 e. The fraction of sp³-hybridized carbons (Fsp3) is 0.0357. The maximum Gasteiger partial charge on any atom is 0.167 e. The second-order valence-corrected chi connectivity index (χ2v) is 7.49. The molecule has 0 spiro atoms. The number of rotatable bonds is 6. The number of ether oxygens (including phenoxy) is 1. The molecular weight excluding hydrogens is 410 g/mol. The molecule has 0 aliphatic heterocycles. The predicted octanol–water partition coefficient (Wildman–Crippen LogP) is 6.16. The number of hydrogen-bond donors (Lipinski definition) is 1. The van der Waals surface area contributed by atoms with Gasteiger partial charge in [-0.25, -0.2) is 15.0 Å². The molecule has 0 saturated heterocycles. The summed E-state index contributed by atoms with van der Waals surface area (Å²) in [5.41, 5.74) is 3.32. The number of phenolic OH excluding ortho intramolecular Hbond substituents is 1. The molecule has 1 N–H and O–H groups in total. The van der Waals surface area contributed by atoms with Crippen LogP contribution in [0.4, 0.5) is 0 Å². The molecule has 5 nitrogen and oxygen atoms in total. The zero-order chi connectivity index (χ0) is 22.5. The van der Waals surface area contributed by atoms with Crippen LogP contribution in [-0.2, 0) is 6.61 Å². The van der Waals surface area contributed by atoms with Crippen LogP contribution in [0.15, 0.2) is 109 Å². The standard InChI is InChI=1S/C28H21N3O2/c32-25-18-23(33-19-20-10-4-1-5-11-20)16-17-24(25)28-30-26(21-12-6-2-7-13-21)29-27(31-28)22-14-8-3-9-15-22/h1-18,32H,19H2. The Labute approximate surface area is 192 Å². The summed E-state index contributed by atoms with van der Waals surface area (Å²) in [6.07, 6.45) is 0. The van der Waals surface area contributed by atoms with Crippen molar-refractivity contribution >= 4 is 0 Å². The lowest BCUT2D eigenvalue weighted by Gasteiger charge is -2.11. The SMILES string of the molecule is Oc1cc(OCc2ccccc2)ccc1-c1nc(-c2ccccc2)nc(-c2ccccc2)n1. The van der Waals surface area contributed by atoms with Crippen molar-refractivity contribution in [2.75, 3.05) is 0 Å². The van der Waals surface area contributed by atoms with Gasteiger partial charge in [-0.2, -0.15) is 0 Å². The maximum atomic E-state index is 10.8. The zero-order valence-electron chi connectivity index (χ0n) is 17.8. The van der Waals surface area contributed by atoms with Crippen molar-refractivity contribution in [3.63, 3.8) is 0 Å². The number of aromatic hydroxyl groups is 1. The van der Waals surface area contributed by atoms with E-state index in [0.29, 0.717) is 35.4 Å². The molecule has 5 aromatic rings. The summed E-state index contributed by atoms with van der Waals surface area (Å²) in [6, 6.07) is 34.5. The smallest absolute Gasteiger partial charge is 0.167 e. The van der Waals surface area contributed by atoms with Crippen molar-refractivity contribution in [3.8, 4) is 45.7 Å². The molecule has 0 bridgehead atoms. The lowest BCUT2D eigenvalue weighted by molar-refractivity contribution is 0.304. The summed E-state index contributed by atoms with van der Waals surface area (Å²) in [5, 5.41) is 10.8. The molecule has 160 valence electrons. The highest BCUT2D eigenvalue weighted by Crippen LogP contribution is 2.32. The van der Waals surface area contributed by atoms with Gasteiger partial charge in [-0.1, -0.05) is 91.0 Å². The molecule has 0 aliphatic rings. The number of hydrogen-bond acceptors (Lipinski definition) is 5. The summed E-state index contributed by atoms with van der Waals surface area (Å²) in [6.45, 7) is 0.418. The molecule has 0 saturated carbocycles. The second-order valence-electron chi connectivity index (χ2n) is 7.49. The van der Waals surface area contributed by atoms with Crippen molar-refractivity contribution in [1.29, 1.82) is 0 Å². The van der Waals surface area contributed by atoms with Crippen LogP contribution in [0.1, 0.15) is 5.56 Å². The zero-order valence-corrected chi connectivity index (χ0v) is 17.8. The normalized spacial score (nSPS) is 10.7. The second kappa shape index (κ2) is 9.32. The van der Waals surface area contributed by atoms with Crippen LogP contribution >= 0.6 is 0 Å². The van der Waals surface area contributed by atoms with Crippen LogP contribution in [0.3, 0.4) is 0 Å². The van der Waals surface area contributed by atoms with Gasteiger partial charge >= 0.3 is 0 Å². The Balaban J connectivity index is 1.51. The monoisotopic (exact) mass is 431 g/mol. The van der Waals surface area contributed by atoms with Crippen molar-refractivity contribution in [2.24, 2.45) is 0 Å². The molecule has 33 heavy (non-hydrogen) atoms. The highest BCUT2D eigenvalue weighted by atomic mass is 16.5. The van der Waals surface area contributed by atoms with Crippen molar-refractivity contribution in [2.45, 2.75) is 6.61 Å². The van der Waals surface area contributed by atoms with Gasteiger partial charge in [-0.3, -0.25) is 0 Å². The number of aromatic nitrogens is 3. The van der Waals surface area contributed by atoms with E-state index in [4.69, 9.17) is 4.74 Å². The Morgan fingerprint density at radius 3 is 1.64 bits per heavy atom. The minimum atomic E-state index is 0.0461. The number of phenols is 1. The summed E-state index contributed by atoms with van der Waals surface area (Å²) < 4.78 is 5.84. The van der Waals surface area contributed by atoms with Crippen molar-refractivity contribution in [1.82, 2.24) is 15.0 Å². The highest BCUT2D eigenvalue weighted by molar-refractivity contribution is 5.70. The molecule has 4 aromatic carbocycles. The van der Waals surface area contributed by atoms with Crippen LogP contribution in [0, 0.1) is 0 Å². The van der Waals surface area contributed by atoms with E-state index in [1.807, 2.05) is 97.1 Å². The molecular formula is C28H21N3O2. The molecule has 0 fully saturated rings. The van der Waals surface area contributed by atoms with Crippen LogP contribution in [-0.4, -0.2) is 20.1 Å². The van der Waals surface area contributed by atoms with E-state index in [-0.39, 0.29) is 5.75 Å². The summed E-state index contributed by atoms with van der Waals surface area (Å²) in [5.74, 6) is 2.10. The largest absolute Gasteiger partial charge is 0.507 e. The molecule has 1 aromatic heterocycles. The third-order valence-electron chi connectivity index (χ3n) is 5.16. The summed E-state index contributed by atoms with van der Waals surface area (Å²) >= 11 is 0.